The van der Waals surface area contributed by atoms with Crippen LogP contribution in [0.5, 0.6) is 23.0 Å². The van der Waals surface area contributed by atoms with Gasteiger partial charge in [0.15, 0.2) is 17.6 Å². The number of hydrogen-bond acceptors (Lipinski definition) is 13. The topological polar surface area (TPSA) is 191 Å². The molecule has 0 spiro atoms. The molecule has 1 fully saturated rings. The minimum absolute atomic E-state index is 0.0444. The van der Waals surface area contributed by atoms with Crippen LogP contribution in [0.4, 0.5) is 0 Å². The second-order valence-corrected chi connectivity index (χ2v) is 8.66. The van der Waals surface area contributed by atoms with E-state index in [1.54, 1.807) is 0 Å². The zero-order valence-corrected chi connectivity index (χ0v) is 21.0. The van der Waals surface area contributed by atoms with Crippen LogP contribution in [0.3, 0.4) is 0 Å². The summed E-state index contributed by atoms with van der Waals surface area (Å²) in [6.07, 6.45) is -7.68. The van der Waals surface area contributed by atoms with Crippen LogP contribution in [0, 0.1) is 0 Å². The molecule has 1 aliphatic rings. The molecule has 4 rings (SSSR count). The lowest BCUT2D eigenvalue weighted by Crippen LogP contribution is -2.61. The lowest BCUT2D eigenvalue weighted by Gasteiger charge is -2.41. The Morgan fingerprint density at radius 1 is 1.00 bits per heavy atom. The molecule has 0 amide bonds. The predicted octanol–water partition coefficient (Wildman–Crippen LogP) is 1.20. The monoisotopic (exact) mass is 546 g/mol. The SMILES string of the molecule is COc1cc(O)c2c(=O)cc(-c3c(O)cccc3O[C@@H]3O[C@H](COC(C)=O)[C@@H](O)[C@H](OC(C)=O)[C@H]3O)oc2c1. The van der Waals surface area contributed by atoms with Crippen molar-refractivity contribution in [1.82, 2.24) is 0 Å². The Hall–Kier alpha value is -4.33. The Balaban J connectivity index is 1.75. The van der Waals surface area contributed by atoms with Crippen LogP contribution in [0.2, 0.25) is 0 Å². The number of fused-ring (bicyclic) bond motifs is 1. The van der Waals surface area contributed by atoms with Crippen molar-refractivity contribution in [2.45, 2.75) is 44.6 Å². The molecule has 39 heavy (non-hydrogen) atoms. The predicted molar refractivity (Wildman–Crippen MR) is 131 cm³/mol. The van der Waals surface area contributed by atoms with E-state index in [9.17, 15) is 34.8 Å². The van der Waals surface area contributed by atoms with Gasteiger partial charge in [-0.3, -0.25) is 14.4 Å². The van der Waals surface area contributed by atoms with Crippen LogP contribution in [0.1, 0.15) is 13.8 Å². The van der Waals surface area contributed by atoms with Crippen LogP contribution < -0.4 is 14.9 Å². The number of aromatic hydroxyl groups is 2. The smallest absolute Gasteiger partial charge is 0.303 e. The van der Waals surface area contributed by atoms with E-state index < -0.39 is 54.7 Å². The number of ether oxygens (including phenoxy) is 5. The van der Waals surface area contributed by atoms with Crippen LogP contribution in [-0.2, 0) is 23.8 Å². The minimum atomic E-state index is -1.72. The third-order valence-corrected chi connectivity index (χ3v) is 5.91. The van der Waals surface area contributed by atoms with E-state index in [1.807, 2.05) is 0 Å². The van der Waals surface area contributed by atoms with E-state index in [1.165, 1.54) is 37.4 Å². The van der Waals surface area contributed by atoms with Gasteiger partial charge in [0.1, 0.15) is 64.1 Å². The number of rotatable bonds is 7. The third-order valence-electron chi connectivity index (χ3n) is 5.91. The van der Waals surface area contributed by atoms with Crippen molar-refractivity contribution in [1.29, 1.82) is 0 Å². The Morgan fingerprint density at radius 2 is 1.74 bits per heavy atom. The Morgan fingerprint density at radius 3 is 2.41 bits per heavy atom. The molecule has 208 valence electrons. The van der Waals surface area contributed by atoms with Crippen molar-refractivity contribution in [2.75, 3.05) is 13.7 Å². The first-order valence-electron chi connectivity index (χ1n) is 11.7. The summed E-state index contributed by atoms with van der Waals surface area (Å²) in [5, 5.41) is 42.2. The number of methoxy groups -OCH3 is 1. The number of phenolic OH excluding ortho intramolecular Hbond substituents is 2. The average Bonchev–Trinajstić information content (AvgIpc) is 2.86. The largest absolute Gasteiger partial charge is 0.507 e. The quantitative estimate of drug-likeness (QED) is 0.309. The summed E-state index contributed by atoms with van der Waals surface area (Å²) in [5.74, 6) is -2.29. The number of benzene rings is 2. The zero-order valence-electron chi connectivity index (χ0n) is 21.0. The van der Waals surface area contributed by atoms with E-state index in [2.05, 4.69) is 0 Å². The highest BCUT2D eigenvalue weighted by molar-refractivity contribution is 5.87. The maximum atomic E-state index is 12.8. The first kappa shape index (κ1) is 27.7. The molecular formula is C26H26O13. The summed E-state index contributed by atoms with van der Waals surface area (Å²) in [4.78, 5) is 35.8. The highest BCUT2D eigenvalue weighted by Gasteiger charge is 2.48. The molecule has 1 saturated heterocycles. The number of carbonyl (C=O) groups is 2. The Bertz CT molecular complexity index is 1450. The highest BCUT2D eigenvalue weighted by atomic mass is 16.7. The molecule has 3 aromatic rings. The fourth-order valence-corrected chi connectivity index (χ4v) is 4.14. The zero-order chi connectivity index (χ0) is 28.4. The molecule has 0 aliphatic carbocycles. The second kappa shape index (κ2) is 11.2. The number of hydrogen-bond donors (Lipinski definition) is 4. The standard InChI is InChI=1S/C26H26O13/c1-11(27)35-10-20-23(32)25(36-12(2)28)24(33)26(39-20)38-17-6-4-5-14(29)22(17)19-9-16(31)21-15(30)7-13(34-3)8-18(21)37-19/h4-9,20,23-26,29-30,32-33H,10H2,1-3H3/t20-,23-,24-,25+,26-/m1/s1. The van der Waals surface area contributed by atoms with Crippen LogP contribution in [0.25, 0.3) is 22.3 Å². The maximum absolute atomic E-state index is 12.8. The van der Waals surface area contributed by atoms with Crippen LogP contribution in [-0.4, -0.2) is 76.8 Å². The van der Waals surface area contributed by atoms with Crippen LogP contribution in [0.15, 0.2) is 45.6 Å². The molecule has 2 heterocycles. The van der Waals surface area contributed by atoms with Gasteiger partial charge in [0.05, 0.1) is 7.11 Å². The van der Waals surface area contributed by atoms with Gasteiger partial charge in [-0.2, -0.15) is 0 Å². The third kappa shape index (κ3) is 5.74. The average molecular weight is 546 g/mol. The van der Waals surface area contributed by atoms with Gasteiger partial charge in [0.2, 0.25) is 6.29 Å². The van der Waals surface area contributed by atoms with Crippen LogP contribution >= 0.6 is 0 Å². The first-order chi connectivity index (χ1) is 18.5. The van der Waals surface area contributed by atoms with Gasteiger partial charge < -0.3 is 48.5 Å². The van der Waals surface area contributed by atoms with Crippen molar-refractivity contribution < 1.29 is 58.1 Å². The normalized spacial score (nSPS) is 22.7. The lowest BCUT2D eigenvalue weighted by molar-refractivity contribution is -0.281. The van der Waals surface area contributed by atoms with E-state index in [-0.39, 0.29) is 45.3 Å². The summed E-state index contributed by atoms with van der Waals surface area (Å²) < 4.78 is 32.4. The van der Waals surface area contributed by atoms with E-state index in [0.29, 0.717) is 0 Å². The first-order valence-corrected chi connectivity index (χ1v) is 11.7. The van der Waals surface area contributed by atoms with Crippen molar-refractivity contribution in [3.63, 3.8) is 0 Å². The molecule has 2 aromatic carbocycles. The number of aliphatic hydroxyl groups is 2. The summed E-state index contributed by atoms with van der Waals surface area (Å²) >= 11 is 0. The van der Waals surface area contributed by atoms with Crippen molar-refractivity contribution >= 4 is 22.9 Å². The summed E-state index contributed by atoms with van der Waals surface area (Å²) in [5.41, 5.74) is -0.785. The van der Waals surface area contributed by atoms with E-state index >= 15 is 0 Å². The van der Waals surface area contributed by atoms with Gasteiger partial charge in [-0.05, 0) is 12.1 Å². The summed E-state index contributed by atoms with van der Waals surface area (Å²) in [6, 6.07) is 7.73. The molecule has 0 saturated carbocycles. The highest BCUT2D eigenvalue weighted by Crippen LogP contribution is 2.41. The van der Waals surface area contributed by atoms with Gasteiger partial charge in [0, 0.05) is 32.0 Å². The van der Waals surface area contributed by atoms with Gasteiger partial charge in [-0.25, -0.2) is 0 Å². The number of aliphatic hydroxyl groups excluding tert-OH is 2. The van der Waals surface area contributed by atoms with E-state index in [0.717, 1.165) is 19.9 Å². The van der Waals surface area contributed by atoms with Crippen molar-refractivity contribution in [3.05, 3.63) is 46.6 Å². The van der Waals surface area contributed by atoms with Gasteiger partial charge >= 0.3 is 11.9 Å². The number of phenols is 2. The van der Waals surface area contributed by atoms with Crippen molar-refractivity contribution in [3.8, 4) is 34.3 Å². The molecule has 1 aliphatic heterocycles. The fourth-order valence-electron chi connectivity index (χ4n) is 4.14. The molecule has 13 nitrogen and oxygen atoms in total. The molecule has 0 radical (unpaired) electrons. The number of esters is 2. The number of carbonyl (C=O) groups excluding carboxylic acids is 2. The molecule has 0 unspecified atom stereocenters. The molecular weight excluding hydrogens is 520 g/mol. The fraction of sp³-hybridized carbons (Fsp3) is 0.346. The second-order valence-electron chi connectivity index (χ2n) is 8.66. The molecule has 1 aromatic heterocycles. The minimum Gasteiger partial charge on any atom is -0.507 e. The van der Waals surface area contributed by atoms with Gasteiger partial charge in [0.25, 0.3) is 0 Å². The maximum Gasteiger partial charge on any atom is 0.303 e. The molecule has 5 atom stereocenters. The Labute approximate surface area is 220 Å². The van der Waals surface area contributed by atoms with E-state index in [4.69, 9.17) is 28.1 Å². The van der Waals surface area contributed by atoms with Gasteiger partial charge in [-0.15, -0.1) is 0 Å². The molecule has 13 heteroatoms. The Kier molecular flexibility index (Phi) is 7.95. The lowest BCUT2D eigenvalue weighted by atomic mass is 9.98. The molecule has 4 N–H and O–H groups in total. The summed E-state index contributed by atoms with van der Waals surface area (Å²) in [6.45, 7) is 1.78. The van der Waals surface area contributed by atoms with Crippen molar-refractivity contribution in [2.24, 2.45) is 0 Å². The molecule has 0 bridgehead atoms. The van der Waals surface area contributed by atoms with Gasteiger partial charge in [-0.1, -0.05) is 6.07 Å². The summed E-state index contributed by atoms with van der Waals surface area (Å²) in [7, 11) is 1.36.